The van der Waals surface area contributed by atoms with Crippen molar-refractivity contribution in [1.82, 2.24) is 10.2 Å². The Bertz CT molecular complexity index is 319. The van der Waals surface area contributed by atoms with E-state index in [1.54, 1.807) is 0 Å². The molecule has 1 saturated carbocycles. The molecule has 0 amide bonds. The zero-order valence-corrected chi connectivity index (χ0v) is 11.1. The zero-order chi connectivity index (χ0) is 12.2. The molecule has 2 heterocycles. The van der Waals surface area contributed by atoms with Gasteiger partial charge in [-0.05, 0) is 30.9 Å². The monoisotopic (exact) mass is 248 g/mol. The standard InChI is InChI=1S/C15H24N2O/c1-2-5-13(6-3-1)15(14-7-4-12-18-14)17-10-8-16-9-11-17/h4,7,12-13,15-16H,1-3,5-6,8-11H2/t15-/m1/s1. The maximum Gasteiger partial charge on any atom is 0.121 e. The fourth-order valence-electron chi connectivity index (χ4n) is 3.58. The van der Waals surface area contributed by atoms with Crippen LogP contribution in [0.15, 0.2) is 22.8 Å². The number of nitrogens with zero attached hydrogens (tertiary/aromatic N) is 1. The van der Waals surface area contributed by atoms with Crippen LogP contribution >= 0.6 is 0 Å². The molecule has 0 spiro atoms. The third-order valence-electron chi connectivity index (χ3n) is 4.48. The Morgan fingerprint density at radius 3 is 2.61 bits per heavy atom. The summed E-state index contributed by atoms with van der Waals surface area (Å²) in [6, 6.07) is 4.72. The molecule has 1 aromatic rings. The second kappa shape index (κ2) is 5.89. The van der Waals surface area contributed by atoms with Crippen LogP contribution in [0, 0.1) is 5.92 Å². The number of rotatable bonds is 3. The van der Waals surface area contributed by atoms with Crippen molar-refractivity contribution in [3.63, 3.8) is 0 Å². The average Bonchev–Trinajstić information content (AvgIpc) is 2.95. The van der Waals surface area contributed by atoms with Crippen molar-refractivity contribution >= 4 is 0 Å². The first-order valence-corrected chi connectivity index (χ1v) is 7.43. The largest absolute Gasteiger partial charge is 0.468 e. The van der Waals surface area contributed by atoms with Crippen LogP contribution < -0.4 is 5.32 Å². The van der Waals surface area contributed by atoms with Crippen molar-refractivity contribution in [1.29, 1.82) is 0 Å². The lowest BCUT2D eigenvalue weighted by atomic mass is 9.82. The first-order chi connectivity index (χ1) is 8.95. The number of piperazine rings is 1. The zero-order valence-electron chi connectivity index (χ0n) is 11.1. The van der Waals surface area contributed by atoms with E-state index >= 15 is 0 Å². The summed E-state index contributed by atoms with van der Waals surface area (Å²) >= 11 is 0. The Labute approximate surface area is 110 Å². The van der Waals surface area contributed by atoms with Crippen molar-refractivity contribution in [2.75, 3.05) is 26.2 Å². The third-order valence-corrected chi connectivity index (χ3v) is 4.48. The molecule has 1 N–H and O–H groups in total. The number of hydrogen-bond donors (Lipinski definition) is 1. The van der Waals surface area contributed by atoms with Crippen molar-refractivity contribution in [3.05, 3.63) is 24.2 Å². The average molecular weight is 248 g/mol. The summed E-state index contributed by atoms with van der Waals surface area (Å²) in [5.41, 5.74) is 0. The van der Waals surface area contributed by atoms with E-state index in [-0.39, 0.29) is 0 Å². The molecule has 1 saturated heterocycles. The molecular formula is C15H24N2O. The fraction of sp³-hybridized carbons (Fsp3) is 0.733. The summed E-state index contributed by atoms with van der Waals surface area (Å²) in [6.07, 6.45) is 8.78. The lowest BCUT2D eigenvalue weighted by molar-refractivity contribution is 0.0870. The third kappa shape index (κ3) is 2.62. The smallest absolute Gasteiger partial charge is 0.121 e. The Balaban J connectivity index is 1.78. The maximum atomic E-state index is 5.74. The highest BCUT2D eigenvalue weighted by Gasteiger charge is 2.32. The minimum Gasteiger partial charge on any atom is -0.468 e. The van der Waals surface area contributed by atoms with E-state index in [9.17, 15) is 0 Å². The molecule has 3 rings (SSSR count). The molecule has 100 valence electrons. The van der Waals surface area contributed by atoms with Crippen LogP contribution in [0.25, 0.3) is 0 Å². The quantitative estimate of drug-likeness (QED) is 0.891. The number of furan rings is 1. The van der Waals surface area contributed by atoms with Gasteiger partial charge in [-0.25, -0.2) is 0 Å². The summed E-state index contributed by atoms with van der Waals surface area (Å²) in [4.78, 5) is 2.63. The van der Waals surface area contributed by atoms with Crippen LogP contribution in [0.1, 0.15) is 43.9 Å². The topological polar surface area (TPSA) is 28.4 Å². The van der Waals surface area contributed by atoms with Gasteiger partial charge in [0.2, 0.25) is 0 Å². The van der Waals surface area contributed by atoms with Gasteiger partial charge in [-0.2, -0.15) is 0 Å². The van der Waals surface area contributed by atoms with Gasteiger partial charge in [0.25, 0.3) is 0 Å². The Morgan fingerprint density at radius 2 is 1.94 bits per heavy atom. The van der Waals surface area contributed by atoms with Crippen LogP contribution in [-0.4, -0.2) is 31.1 Å². The molecule has 1 aliphatic carbocycles. The van der Waals surface area contributed by atoms with Gasteiger partial charge in [-0.3, -0.25) is 4.90 Å². The molecule has 0 aromatic carbocycles. The van der Waals surface area contributed by atoms with E-state index in [2.05, 4.69) is 16.3 Å². The van der Waals surface area contributed by atoms with Gasteiger partial charge in [-0.1, -0.05) is 19.3 Å². The predicted molar refractivity (Wildman–Crippen MR) is 72.5 cm³/mol. The second-order valence-electron chi connectivity index (χ2n) is 5.64. The first kappa shape index (κ1) is 12.2. The molecule has 3 heteroatoms. The number of hydrogen-bond acceptors (Lipinski definition) is 3. The Hall–Kier alpha value is -0.800. The van der Waals surface area contributed by atoms with E-state index in [1.165, 1.54) is 37.9 Å². The van der Waals surface area contributed by atoms with Gasteiger partial charge in [0.15, 0.2) is 0 Å². The van der Waals surface area contributed by atoms with Gasteiger partial charge in [0.1, 0.15) is 5.76 Å². The first-order valence-electron chi connectivity index (χ1n) is 7.43. The summed E-state index contributed by atoms with van der Waals surface area (Å²) in [5, 5.41) is 3.45. The Kier molecular flexibility index (Phi) is 4.01. The highest BCUT2D eigenvalue weighted by atomic mass is 16.3. The van der Waals surface area contributed by atoms with Crippen LogP contribution in [0.4, 0.5) is 0 Å². The van der Waals surface area contributed by atoms with E-state index in [0.717, 1.165) is 32.1 Å². The maximum absolute atomic E-state index is 5.74. The van der Waals surface area contributed by atoms with Crippen molar-refractivity contribution in [3.8, 4) is 0 Å². The molecule has 1 aromatic heterocycles. The van der Waals surface area contributed by atoms with Crippen molar-refractivity contribution < 1.29 is 4.42 Å². The highest BCUT2D eigenvalue weighted by molar-refractivity contribution is 5.07. The lowest BCUT2D eigenvalue weighted by Crippen LogP contribution is -2.47. The summed E-state index contributed by atoms with van der Waals surface area (Å²) in [6.45, 7) is 4.54. The molecule has 1 atom stereocenters. The van der Waals surface area contributed by atoms with Gasteiger partial charge < -0.3 is 9.73 Å². The molecule has 0 unspecified atom stereocenters. The lowest BCUT2D eigenvalue weighted by Gasteiger charge is -2.39. The summed E-state index contributed by atoms with van der Waals surface area (Å²) < 4.78 is 5.74. The van der Waals surface area contributed by atoms with E-state index in [1.807, 2.05) is 12.3 Å². The van der Waals surface area contributed by atoms with Gasteiger partial charge in [0.05, 0.1) is 12.3 Å². The van der Waals surface area contributed by atoms with Gasteiger partial charge in [0, 0.05) is 26.2 Å². The normalized spacial score (nSPS) is 25.1. The van der Waals surface area contributed by atoms with Crippen LogP contribution in [0.3, 0.4) is 0 Å². The van der Waals surface area contributed by atoms with Gasteiger partial charge >= 0.3 is 0 Å². The van der Waals surface area contributed by atoms with Crippen molar-refractivity contribution in [2.45, 2.75) is 38.1 Å². The second-order valence-corrected chi connectivity index (χ2v) is 5.64. The van der Waals surface area contributed by atoms with Crippen LogP contribution in [0.5, 0.6) is 0 Å². The van der Waals surface area contributed by atoms with Gasteiger partial charge in [-0.15, -0.1) is 0 Å². The van der Waals surface area contributed by atoms with Crippen LogP contribution in [-0.2, 0) is 0 Å². The van der Waals surface area contributed by atoms with E-state index < -0.39 is 0 Å². The summed E-state index contributed by atoms with van der Waals surface area (Å²) in [7, 11) is 0. The Morgan fingerprint density at radius 1 is 1.17 bits per heavy atom. The molecule has 1 aliphatic heterocycles. The molecule has 3 nitrogen and oxygen atoms in total. The minimum absolute atomic E-state index is 0.516. The molecule has 18 heavy (non-hydrogen) atoms. The molecular weight excluding hydrogens is 224 g/mol. The van der Waals surface area contributed by atoms with E-state index in [4.69, 9.17) is 4.42 Å². The minimum atomic E-state index is 0.516. The van der Waals surface area contributed by atoms with Crippen molar-refractivity contribution in [2.24, 2.45) is 5.92 Å². The molecule has 2 fully saturated rings. The summed E-state index contributed by atoms with van der Waals surface area (Å²) in [5.74, 6) is 1.98. The predicted octanol–water partition coefficient (Wildman–Crippen LogP) is 2.81. The highest BCUT2D eigenvalue weighted by Crippen LogP contribution is 2.38. The fourth-order valence-corrected chi connectivity index (χ4v) is 3.58. The number of nitrogens with one attached hydrogen (secondary N) is 1. The molecule has 0 radical (unpaired) electrons. The SMILES string of the molecule is c1coc([C@@H](C2CCCCC2)N2CCNCC2)c1. The molecule has 2 aliphatic rings. The van der Waals surface area contributed by atoms with E-state index in [0.29, 0.717) is 6.04 Å². The van der Waals surface area contributed by atoms with Crippen LogP contribution in [0.2, 0.25) is 0 Å². The molecule has 0 bridgehead atoms.